The summed E-state index contributed by atoms with van der Waals surface area (Å²) in [6.45, 7) is 5.59. The number of carbonyl (C=O) groups excluding carboxylic acids is 2. The molecule has 0 saturated carbocycles. The van der Waals surface area contributed by atoms with Crippen LogP contribution >= 0.6 is 22.7 Å². The van der Waals surface area contributed by atoms with E-state index >= 15 is 0 Å². The number of thiophene rings is 1. The summed E-state index contributed by atoms with van der Waals surface area (Å²) in [7, 11) is 1.61. The van der Waals surface area contributed by atoms with Crippen molar-refractivity contribution in [2.24, 2.45) is 0 Å². The second kappa shape index (κ2) is 12.0. The third-order valence-electron chi connectivity index (χ3n) is 7.90. The van der Waals surface area contributed by atoms with Crippen LogP contribution in [0.1, 0.15) is 49.6 Å². The van der Waals surface area contributed by atoms with E-state index in [4.69, 9.17) is 9.72 Å². The van der Waals surface area contributed by atoms with E-state index in [9.17, 15) is 9.59 Å². The van der Waals surface area contributed by atoms with Gasteiger partial charge in [0.1, 0.15) is 17.1 Å². The third kappa shape index (κ3) is 5.75. The van der Waals surface area contributed by atoms with Crippen LogP contribution in [0.4, 0.5) is 0 Å². The molecular weight excluding hydrogens is 542 g/mol. The quantitative estimate of drug-likeness (QED) is 0.316. The molecule has 8 nitrogen and oxygen atoms in total. The molecule has 208 valence electrons. The fraction of sp³-hybridized carbons (Fsp3) is 0.400. The zero-order chi connectivity index (χ0) is 27.5. The lowest BCUT2D eigenvalue weighted by Crippen LogP contribution is -2.49. The lowest BCUT2D eigenvalue weighted by molar-refractivity contribution is 0.0633. The summed E-state index contributed by atoms with van der Waals surface area (Å²) in [5, 5.41) is 5.92. The number of rotatable bonds is 7. The van der Waals surface area contributed by atoms with E-state index in [0.717, 1.165) is 67.9 Å². The molecule has 4 aromatic rings. The molecule has 2 fully saturated rings. The number of piperidine rings is 1. The number of hydrogen-bond donors (Lipinski definition) is 0. The zero-order valence-corrected chi connectivity index (χ0v) is 24.3. The predicted octanol–water partition coefficient (Wildman–Crippen LogP) is 4.78. The van der Waals surface area contributed by atoms with Crippen molar-refractivity contribution in [3.63, 3.8) is 0 Å². The summed E-state index contributed by atoms with van der Waals surface area (Å²) in [5.41, 5.74) is 1.71. The van der Waals surface area contributed by atoms with Gasteiger partial charge in [0, 0.05) is 73.4 Å². The highest BCUT2D eigenvalue weighted by Gasteiger charge is 2.29. The van der Waals surface area contributed by atoms with Gasteiger partial charge in [0.25, 0.3) is 11.8 Å². The van der Waals surface area contributed by atoms with Crippen molar-refractivity contribution >= 4 is 45.4 Å². The fourth-order valence-electron chi connectivity index (χ4n) is 5.55. The van der Waals surface area contributed by atoms with Crippen molar-refractivity contribution in [1.82, 2.24) is 24.7 Å². The van der Waals surface area contributed by atoms with Crippen molar-refractivity contribution in [3.8, 4) is 5.75 Å². The van der Waals surface area contributed by atoms with Gasteiger partial charge < -0.3 is 14.5 Å². The van der Waals surface area contributed by atoms with Gasteiger partial charge in [-0.2, -0.15) is 0 Å². The van der Waals surface area contributed by atoms with Crippen LogP contribution < -0.4 is 4.74 Å². The number of carbonyl (C=O) groups is 2. The van der Waals surface area contributed by atoms with Crippen molar-refractivity contribution in [2.45, 2.75) is 25.2 Å². The Balaban J connectivity index is 1.02. The molecule has 5 heterocycles. The van der Waals surface area contributed by atoms with Crippen molar-refractivity contribution < 1.29 is 14.3 Å². The summed E-state index contributed by atoms with van der Waals surface area (Å²) < 4.78 is 5.53. The van der Waals surface area contributed by atoms with Gasteiger partial charge in [-0.05, 0) is 42.8 Å². The first-order chi connectivity index (χ1) is 19.6. The van der Waals surface area contributed by atoms with E-state index in [2.05, 4.69) is 27.4 Å². The minimum Gasteiger partial charge on any atom is -0.496 e. The Morgan fingerprint density at radius 2 is 1.65 bits per heavy atom. The summed E-state index contributed by atoms with van der Waals surface area (Å²) in [4.78, 5) is 43.5. The number of para-hydroxylation sites is 1. The van der Waals surface area contributed by atoms with Gasteiger partial charge in [0.05, 0.1) is 17.6 Å². The number of fused-ring (bicyclic) bond motifs is 1. The predicted molar refractivity (Wildman–Crippen MR) is 159 cm³/mol. The topological polar surface area (TPSA) is 78.9 Å². The standard InChI is InChI=1S/C30H33N5O3S2/c1-38-27-19-25(31-24-7-3-2-6-23(24)27)29(36)34-12-8-21(9-13-34)28-32-26(20-40-28)30(37)35-16-14-33(15-17-35)11-10-22-5-4-18-39-22/h2-7,18-21H,8-17H2,1H3. The number of nitrogens with zero attached hydrogens (tertiary/aromatic N) is 5. The number of hydrogen-bond acceptors (Lipinski definition) is 8. The minimum absolute atomic E-state index is 0.0318. The van der Waals surface area contributed by atoms with E-state index in [1.54, 1.807) is 35.8 Å². The van der Waals surface area contributed by atoms with Gasteiger partial charge in [0.15, 0.2) is 0 Å². The molecule has 6 rings (SSSR count). The average molecular weight is 576 g/mol. The van der Waals surface area contributed by atoms with Crippen molar-refractivity contribution in [3.05, 3.63) is 74.5 Å². The molecule has 0 N–H and O–H groups in total. The first kappa shape index (κ1) is 26.9. The molecule has 0 bridgehead atoms. The van der Waals surface area contributed by atoms with Crippen LogP contribution in [-0.2, 0) is 6.42 Å². The van der Waals surface area contributed by atoms with Crippen LogP contribution in [0.15, 0.2) is 53.2 Å². The monoisotopic (exact) mass is 575 g/mol. The molecule has 0 atom stereocenters. The SMILES string of the molecule is COc1cc(C(=O)N2CCC(c3nc(C(=O)N4CCN(CCc5cccs5)CC4)cs3)CC2)nc2ccccc12. The number of piperazine rings is 1. The highest BCUT2D eigenvalue weighted by atomic mass is 32.1. The molecular formula is C30H33N5O3S2. The summed E-state index contributed by atoms with van der Waals surface area (Å²) in [5.74, 6) is 0.865. The third-order valence-corrected chi connectivity index (χ3v) is 9.85. The minimum atomic E-state index is -0.0768. The number of aromatic nitrogens is 2. The van der Waals surface area contributed by atoms with E-state index < -0.39 is 0 Å². The average Bonchev–Trinajstić information content (AvgIpc) is 3.72. The second-order valence-electron chi connectivity index (χ2n) is 10.3. The first-order valence-corrected chi connectivity index (χ1v) is 15.6. The molecule has 0 aliphatic carbocycles. The number of amides is 2. The highest BCUT2D eigenvalue weighted by Crippen LogP contribution is 2.32. The number of likely N-dealkylation sites (tertiary alicyclic amines) is 1. The van der Waals surface area contributed by atoms with Crippen LogP contribution in [0, 0.1) is 0 Å². The molecule has 3 aromatic heterocycles. The van der Waals surface area contributed by atoms with Crippen LogP contribution in [-0.4, -0.2) is 89.4 Å². The van der Waals surface area contributed by atoms with E-state index in [1.807, 2.05) is 39.4 Å². The lowest BCUT2D eigenvalue weighted by atomic mass is 9.97. The summed E-state index contributed by atoms with van der Waals surface area (Å²) in [6, 6.07) is 13.7. The van der Waals surface area contributed by atoms with Crippen molar-refractivity contribution in [2.75, 3.05) is 52.9 Å². The van der Waals surface area contributed by atoms with Crippen LogP contribution in [0.2, 0.25) is 0 Å². The van der Waals surface area contributed by atoms with Gasteiger partial charge >= 0.3 is 0 Å². The van der Waals surface area contributed by atoms with Crippen LogP contribution in [0.3, 0.4) is 0 Å². The van der Waals surface area contributed by atoms with Gasteiger partial charge in [-0.3, -0.25) is 14.5 Å². The van der Waals surface area contributed by atoms with Crippen molar-refractivity contribution in [1.29, 1.82) is 0 Å². The molecule has 10 heteroatoms. The van der Waals surface area contributed by atoms with Crippen LogP contribution in [0.5, 0.6) is 5.75 Å². The second-order valence-corrected chi connectivity index (χ2v) is 12.2. The summed E-state index contributed by atoms with van der Waals surface area (Å²) >= 11 is 3.37. The Morgan fingerprint density at radius 3 is 2.40 bits per heavy atom. The Hall–Kier alpha value is -3.34. The molecule has 2 aliphatic heterocycles. The molecule has 2 aliphatic rings. The zero-order valence-electron chi connectivity index (χ0n) is 22.6. The Morgan fingerprint density at radius 1 is 0.900 bits per heavy atom. The molecule has 1 aromatic carbocycles. The Kier molecular flexibility index (Phi) is 8.08. The molecule has 0 spiro atoms. The lowest BCUT2D eigenvalue weighted by Gasteiger charge is -2.34. The molecule has 2 amide bonds. The largest absolute Gasteiger partial charge is 0.496 e. The summed E-state index contributed by atoms with van der Waals surface area (Å²) in [6.07, 6.45) is 2.71. The number of methoxy groups -OCH3 is 1. The molecule has 0 unspecified atom stereocenters. The van der Waals surface area contributed by atoms with Gasteiger partial charge in [-0.25, -0.2) is 9.97 Å². The van der Waals surface area contributed by atoms with E-state index in [0.29, 0.717) is 30.2 Å². The normalized spacial score (nSPS) is 16.9. The van der Waals surface area contributed by atoms with Gasteiger partial charge in [-0.1, -0.05) is 18.2 Å². The maximum absolute atomic E-state index is 13.3. The maximum Gasteiger partial charge on any atom is 0.273 e. The van der Waals surface area contributed by atoms with Gasteiger partial charge in [-0.15, -0.1) is 22.7 Å². The Bertz CT molecular complexity index is 1470. The number of pyridine rings is 1. The van der Waals surface area contributed by atoms with E-state index in [-0.39, 0.29) is 17.7 Å². The van der Waals surface area contributed by atoms with Gasteiger partial charge in [0.2, 0.25) is 0 Å². The van der Waals surface area contributed by atoms with Crippen LogP contribution in [0.25, 0.3) is 10.9 Å². The first-order valence-electron chi connectivity index (χ1n) is 13.8. The molecule has 2 saturated heterocycles. The fourth-order valence-corrected chi connectivity index (χ4v) is 7.21. The molecule has 40 heavy (non-hydrogen) atoms. The number of benzene rings is 1. The smallest absolute Gasteiger partial charge is 0.273 e. The number of thiazole rings is 1. The molecule has 0 radical (unpaired) electrons. The van der Waals surface area contributed by atoms with E-state index in [1.165, 1.54) is 4.88 Å². The Labute approximate surface area is 242 Å². The maximum atomic E-state index is 13.3. The number of ether oxygens (including phenoxy) is 1. The highest BCUT2D eigenvalue weighted by molar-refractivity contribution is 7.10.